The Hall–Kier alpha value is -1.13. The van der Waals surface area contributed by atoms with E-state index in [2.05, 4.69) is 15.9 Å². The van der Waals surface area contributed by atoms with Gasteiger partial charge in [0.15, 0.2) is 0 Å². The van der Waals surface area contributed by atoms with E-state index in [-0.39, 0.29) is 0 Å². The van der Waals surface area contributed by atoms with Gasteiger partial charge in [-0.3, -0.25) is 0 Å². The number of benzene rings is 1. The fourth-order valence-corrected chi connectivity index (χ4v) is 2.57. The molecule has 0 aliphatic heterocycles. The molecular formula is C12H9BrO2S. The molecule has 1 N–H and O–H groups in total. The second-order valence-electron chi connectivity index (χ2n) is 3.43. The Morgan fingerprint density at radius 1 is 1.31 bits per heavy atom. The third kappa shape index (κ3) is 2.18. The van der Waals surface area contributed by atoms with Crippen LogP contribution in [0.4, 0.5) is 0 Å². The maximum absolute atomic E-state index is 10.8. The number of rotatable bonds is 2. The van der Waals surface area contributed by atoms with Crippen molar-refractivity contribution in [3.63, 3.8) is 0 Å². The van der Waals surface area contributed by atoms with Gasteiger partial charge in [-0.1, -0.05) is 28.1 Å². The zero-order chi connectivity index (χ0) is 11.7. The molecule has 1 aromatic carbocycles. The number of carboxylic acid groups (broad SMARTS) is 1. The molecule has 16 heavy (non-hydrogen) atoms. The summed E-state index contributed by atoms with van der Waals surface area (Å²) >= 11 is 4.76. The highest BCUT2D eigenvalue weighted by atomic mass is 79.9. The summed E-state index contributed by atoms with van der Waals surface area (Å²) in [5.41, 5.74) is 2.20. The van der Waals surface area contributed by atoms with Gasteiger partial charge in [-0.2, -0.15) is 0 Å². The number of hydrogen-bond acceptors (Lipinski definition) is 2. The first-order valence-corrected chi connectivity index (χ1v) is 6.28. The van der Waals surface area contributed by atoms with Crippen molar-refractivity contribution >= 4 is 33.2 Å². The zero-order valence-corrected chi connectivity index (χ0v) is 10.9. The molecule has 0 atom stereocenters. The van der Waals surface area contributed by atoms with Crippen LogP contribution in [0.25, 0.3) is 10.4 Å². The summed E-state index contributed by atoms with van der Waals surface area (Å²) < 4.78 is 1.04. The lowest BCUT2D eigenvalue weighted by molar-refractivity contribution is 0.0702. The van der Waals surface area contributed by atoms with Gasteiger partial charge in [0.25, 0.3) is 0 Å². The van der Waals surface area contributed by atoms with Gasteiger partial charge in [-0.25, -0.2) is 4.79 Å². The van der Waals surface area contributed by atoms with E-state index < -0.39 is 5.97 Å². The van der Waals surface area contributed by atoms with Gasteiger partial charge in [0.1, 0.15) is 4.88 Å². The molecule has 1 aromatic heterocycles. The quantitative estimate of drug-likeness (QED) is 0.902. The maximum atomic E-state index is 10.8. The highest BCUT2D eigenvalue weighted by Gasteiger charge is 2.08. The molecule has 0 saturated heterocycles. The Morgan fingerprint density at radius 2 is 2.06 bits per heavy atom. The van der Waals surface area contributed by atoms with E-state index in [0.717, 1.165) is 14.9 Å². The number of carboxylic acids is 1. The molecule has 82 valence electrons. The van der Waals surface area contributed by atoms with Crippen LogP contribution in [-0.2, 0) is 0 Å². The first kappa shape index (κ1) is 11.4. The molecule has 0 radical (unpaired) electrons. The molecule has 2 nitrogen and oxygen atoms in total. The van der Waals surface area contributed by atoms with Crippen molar-refractivity contribution in [2.24, 2.45) is 0 Å². The third-order valence-corrected chi connectivity index (χ3v) is 4.25. The van der Waals surface area contributed by atoms with Crippen LogP contribution in [0.3, 0.4) is 0 Å². The smallest absolute Gasteiger partial charge is 0.345 e. The monoisotopic (exact) mass is 296 g/mol. The highest BCUT2D eigenvalue weighted by molar-refractivity contribution is 9.10. The molecule has 0 bridgehead atoms. The molecule has 0 aliphatic rings. The minimum absolute atomic E-state index is 0.367. The van der Waals surface area contributed by atoms with Crippen LogP contribution in [0.2, 0.25) is 0 Å². The SMILES string of the molecule is Cc1ccc(-c2ccc(C(=O)O)s2)cc1Br. The van der Waals surface area contributed by atoms with Crippen molar-refractivity contribution in [1.82, 2.24) is 0 Å². The van der Waals surface area contributed by atoms with E-state index in [0.29, 0.717) is 4.88 Å². The lowest BCUT2D eigenvalue weighted by Crippen LogP contribution is -1.89. The summed E-state index contributed by atoms with van der Waals surface area (Å²) in [6.07, 6.45) is 0. The molecule has 0 amide bonds. The van der Waals surface area contributed by atoms with Crippen molar-refractivity contribution in [2.45, 2.75) is 6.92 Å². The average molecular weight is 297 g/mol. The first-order chi connectivity index (χ1) is 7.58. The van der Waals surface area contributed by atoms with Crippen LogP contribution in [0, 0.1) is 6.92 Å². The standard InChI is InChI=1S/C12H9BrO2S/c1-7-2-3-8(6-9(7)13)10-4-5-11(16-10)12(14)15/h2-6H,1H3,(H,14,15). The minimum Gasteiger partial charge on any atom is -0.477 e. The predicted octanol–water partition coefficient (Wildman–Crippen LogP) is 4.18. The predicted molar refractivity (Wildman–Crippen MR) is 69.2 cm³/mol. The van der Waals surface area contributed by atoms with Crippen LogP contribution < -0.4 is 0 Å². The highest BCUT2D eigenvalue weighted by Crippen LogP contribution is 2.31. The summed E-state index contributed by atoms with van der Waals surface area (Å²) in [4.78, 5) is 12.1. The molecule has 0 spiro atoms. The summed E-state index contributed by atoms with van der Waals surface area (Å²) in [5, 5.41) is 8.84. The van der Waals surface area contributed by atoms with Crippen molar-refractivity contribution in [1.29, 1.82) is 0 Å². The summed E-state index contributed by atoms with van der Waals surface area (Å²) in [6.45, 7) is 2.02. The fourth-order valence-electron chi connectivity index (χ4n) is 1.35. The number of aryl methyl sites for hydroxylation is 1. The minimum atomic E-state index is -0.873. The first-order valence-electron chi connectivity index (χ1n) is 4.67. The molecule has 0 unspecified atom stereocenters. The normalized spacial score (nSPS) is 10.4. The molecular weight excluding hydrogens is 288 g/mol. The van der Waals surface area contributed by atoms with Gasteiger partial charge in [0.05, 0.1) is 0 Å². The van der Waals surface area contributed by atoms with Crippen LogP contribution in [0.15, 0.2) is 34.8 Å². The van der Waals surface area contributed by atoms with Crippen molar-refractivity contribution in [3.05, 3.63) is 45.2 Å². The lowest BCUT2D eigenvalue weighted by atomic mass is 10.1. The second-order valence-corrected chi connectivity index (χ2v) is 5.37. The Morgan fingerprint density at radius 3 is 2.62 bits per heavy atom. The molecule has 0 fully saturated rings. The Labute approximate surface area is 106 Å². The van der Waals surface area contributed by atoms with Gasteiger partial charge >= 0.3 is 5.97 Å². The molecule has 0 saturated carbocycles. The van der Waals surface area contributed by atoms with E-state index in [1.54, 1.807) is 6.07 Å². The number of halogens is 1. The van der Waals surface area contributed by atoms with Gasteiger partial charge in [0, 0.05) is 9.35 Å². The topological polar surface area (TPSA) is 37.3 Å². The summed E-state index contributed by atoms with van der Waals surface area (Å²) in [7, 11) is 0. The largest absolute Gasteiger partial charge is 0.477 e. The number of hydrogen-bond donors (Lipinski definition) is 1. The van der Waals surface area contributed by atoms with Crippen LogP contribution >= 0.6 is 27.3 Å². The number of carbonyl (C=O) groups is 1. The number of thiophene rings is 1. The van der Waals surface area contributed by atoms with Gasteiger partial charge in [-0.15, -0.1) is 11.3 Å². The maximum Gasteiger partial charge on any atom is 0.345 e. The lowest BCUT2D eigenvalue weighted by Gasteiger charge is -2.01. The Balaban J connectivity index is 2.42. The van der Waals surface area contributed by atoms with E-state index in [1.165, 1.54) is 16.9 Å². The van der Waals surface area contributed by atoms with Gasteiger partial charge < -0.3 is 5.11 Å². The molecule has 0 aliphatic carbocycles. The van der Waals surface area contributed by atoms with Crippen LogP contribution in [-0.4, -0.2) is 11.1 Å². The van der Waals surface area contributed by atoms with E-state index >= 15 is 0 Å². The summed E-state index contributed by atoms with van der Waals surface area (Å²) in [6, 6.07) is 9.49. The van der Waals surface area contributed by atoms with Crippen LogP contribution in [0.1, 0.15) is 15.2 Å². The Kier molecular flexibility index (Phi) is 3.12. The number of aromatic carboxylic acids is 1. The third-order valence-electron chi connectivity index (χ3n) is 2.27. The van der Waals surface area contributed by atoms with E-state index in [1.807, 2.05) is 31.2 Å². The molecule has 1 heterocycles. The molecule has 2 aromatic rings. The van der Waals surface area contributed by atoms with Crippen molar-refractivity contribution in [2.75, 3.05) is 0 Å². The zero-order valence-electron chi connectivity index (χ0n) is 8.53. The van der Waals surface area contributed by atoms with Gasteiger partial charge in [-0.05, 0) is 36.2 Å². The molecule has 2 rings (SSSR count). The van der Waals surface area contributed by atoms with Gasteiger partial charge in [0.2, 0.25) is 0 Å². The van der Waals surface area contributed by atoms with E-state index in [9.17, 15) is 4.79 Å². The second kappa shape index (κ2) is 4.39. The molecule has 4 heteroatoms. The van der Waals surface area contributed by atoms with Crippen molar-refractivity contribution < 1.29 is 9.90 Å². The fraction of sp³-hybridized carbons (Fsp3) is 0.0833. The van der Waals surface area contributed by atoms with Crippen molar-refractivity contribution in [3.8, 4) is 10.4 Å². The summed E-state index contributed by atoms with van der Waals surface area (Å²) in [5.74, 6) is -0.873. The van der Waals surface area contributed by atoms with Crippen LogP contribution in [0.5, 0.6) is 0 Å². The van der Waals surface area contributed by atoms with E-state index in [4.69, 9.17) is 5.11 Å². The average Bonchev–Trinajstić information content (AvgIpc) is 2.71. The Bertz CT molecular complexity index is 546.